The lowest BCUT2D eigenvalue weighted by Crippen LogP contribution is -2.20. The van der Waals surface area contributed by atoms with Gasteiger partial charge in [0.05, 0.1) is 0 Å². The first-order chi connectivity index (χ1) is 7.15. The average Bonchev–Trinajstić information content (AvgIpc) is 2.94. The van der Waals surface area contributed by atoms with Crippen molar-refractivity contribution in [1.82, 2.24) is 4.90 Å². The summed E-state index contributed by atoms with van der Waals surface area (Å²) in [6, 6.07) is 5.27. The number of hydrogen-bond donors (Lipinski definition) is 0. The molecule has 1 aliphatic carbocycles. The Morgan fingerprint density at radius 2 is 2.20 bits per heavy atom. The lowest BCUT2D eigenvalue weighted by atomic mass is 10.2. The highest BCUT2D eigenvalue weighted by molar-refractivity contribution is 9.10. The fraction of sp³-hybridized carbons (Fsp3) is 0.500. The van der Waals surface area contributed by atoms with Gasteiger partial charge in [0.15, 0.2) is 0 Å². The smallest absolute Gasteiger partial charge is 0.128 e. The topological polar surface area (TPSA) is 3.24 Å². The van der Waals surface area contributed by atoms with Crippen LogP contribution in [0.15, 0.2) is 22.7 Å². The van der Waals surface area contributed by atoms with Gasteiger partial charge in [0.2, 0.25) is 0 Å². The monoisotopic (exact) mass is 271 g/mol. The third-order valence-electron chi connectivity index (χ3n) is 2.72. The van der Waals surface area contributed by atoms with Crippen molar-refractivity contribution in [3.05, 3.63) is 34.1 Å². The highest BCUT2D eigenvalue weighted by atomic mass is 79.9. The van der Waals surface area contributed by atoms with Crippen LogP contribution >= 0.6 is 15.9 Å². The van der Waals surface area contributed by atoms with Crippen LogP contribution in [0.3, 0.4) is 0 Å². The second kappa shape index (κ2) is 4.62. The molecule has 0 aromatic heterocycles. The van der Waals surface area contributed by atoms with Gasteiger partial charge in [-0.25, -0.2) is 4.39 Å². The first-order valence-corrected chi connectivity index (χ1v) is 6.07. The van der Waals surface area contributed by atoms with Gasteiger partial charge in [0.25, 0.3) is 0 Å². The molecule has 0 spiro atoms. The van der Waals surface area contributed by atoms with Gasteiger partial charge < -0.3 is 4.90 Å². The van der Waals surface area contributed by atoms with E-state index in [4.69, 9.17) is 0 Å². The summed E-state index contributed by atoms with van der Waals surface area (Å²) in [6.45, 7) is 1.80. The van der Waals surface area contributed by atoms with Crippen molar-refractivity contribution in [2.24, 2.45) is 5.92 Å². The van der Waals surface area contributed by atoms with E-state index < -0.39 is 0 Å². The van der Waals surface area contributed by atoms with Crippen molar-refractivity contribution >= 4 is 15.9 Å². The molecule has 1 fully saturated rings. The van der Waals surface area contributed by atoms with Crippen LogP contribution < -0.4 is 0 Å². The summed E-state index contributed by atoms with van der Waals surface area (Å²) >= 11 is 3.26. The first-order valence-electron chi connectivity index (χ1n) is 5.27. The maximum Gasteiger partial charge on any atom is 0.128 e. The molecular formula is C12H15BrFN. The Hall–Kier alpha value is -0.410. The molecule has 0 N–H and O–H groups in total. The van der Waals surface area contributed by atoms with Gasteiger partial charge >= 0.3 is 0 Å². The Morgan fingerprint density at radius 1 is 1.47 bits per heavy atom. The molecule has 0 saturated heterocycles. The van der Waals surface area contributed by atoms with E-state index in [1.807, 2.05) is 12.1 Å². The lowest BCUT2D eigenvalue weighted by molar-refractivity contribution is 0.308. The zero-order valence-electron chi connectivity index (χ0n) is 8.84. The summed E-state index contributed by atoms with van der Waals surface area (Å²) in [5.41, 5.74) is 0.779. The minimum atomic E-state index is -0.118. The molecule has 0 amide bonds. The third-order valence-corrected chi connectivity index (χ3v) is 3.22. The number of rotatable bonds is 4. The molecule has 0 radical (unpaired) electrons. The molecule has 15 heavy (non-hydrogen) atoms. The van der Waals surface area contributed by atoms with Crippen molar-refractivity contribution in [2.75, 3.05) is 13.6 Å². The summed E-state index contributed by atoms with van der Waals surface area (Å²) in [7, 11) is 2.06. The summed E-state index contributed by atoms with van der Waals surface area (Å²) in [4.78, 5) is 2.20. The van der Waals surface area contributed by atoms with E-state index in [0.717, 1.165) is 22.5 Å². The van der Waals surface area contributed by atoms with Gasteiger partial charge in [0, 0.05) is 23.1 Å². The Labute approximate surface area is 98.4 Å². The van der Waals surface area contributed by atoms with Crippen LogP contribution in [0.2, 0.25) is 0 Å². The van der Waals surface area contributed by atoms with Crippen LogP contribution in [0.1, 0.15) is 18.4 Å². The SMILES string of the molecule is CN(Cc1ccc(Br)cc1F)CC1CC1. The van der Waals surface area contributed by atoms with Crippen LogP contribution in [-0.4, -0.2) is 18.5 Å². The third kappa shape index (κ3) is 3.28. The minimum absolute atomic E-state index is 0.118. The van der Waals surface area contributed by atoms with Gasteiger partial charge in [-0.15, -0.1) is 0 Å². The lowest BCUT2D eigenvalue weighted by Gasteiger charge is -2.16. The van der Waals surface area contributed by atoms with Crippen LogP contribution in [0.4, 0.5) is 4.39 Å². The number of hydrogen-bond acceptors (Lipinski definition) is 1. The van der Waals surface area contributed by atoms with E-state index in [1.165, 1.54) is 18.9 Å². The summed E-state index contributed by atoms with van der Waals surface area (Å²) in [5.74, 6) is 0.737. The van der Waals surface area contributed by atoms with E-state index >= 15 is 0 Å². The van der Waals surface area contributed by atoms with Crippen molar-refractivity contribution in [1.29, 1.82) is 0 Å². The second-order valence-electron chi connectivity index (χ2n) is 4.38. The van der Waals surface area contributed by atoms with Crippen LogP contribution in [0.25, 0.3) is 0 Å². The number of benzene rings is 1. The Kier molecular flexibility index (Phi) is 3.42. The molecule has 1 saturated carbocycles. The molecule has 0 bridgehead atoms. The van der Waals surface area contributed by atoms with Crippen molar-refractivity contribution in [3.8, 4) is 0 Å². The average molecular weight is 272 g/mol. The Bertz CT molecular complexity index is 349. The normalized spacial score (nSPS) is 16.0. The molecule has 1 nitrogen and oxygen atoms in total. The molecule has 0 atom stereocenters. The van der Waals surface area contributed by atoms with E-state index in [2.05, 4.69) is 27.9 Å². The molecule has 2 rings (SSSR count). The second-order valence-corrected chi connectivity index (χ2v) is 5.29. The van der Waals surface area contributed by atoms with Crippen LogP contribution in [-0.2, 0) is 6.54 Å². The molecule has 1 aliphatic rings. The maximum atomic E-state index is 13.5. The summed E-state index contributed by atoms with van der Waals surface area (Å²) in [6.07, 6.45) is 2.68. The first kappa shape index (κ1) is 11.1. The zero-order valence-corrected chi connectivity index (χ0v) is 10.4. The molecule has 1 aromatic carbocycles. The molecule has 0 heterocycles. The number of halogens is 2. The van der Waals surface area contributed by atoms with Crippen molar-refractivity contribution < 1.29 is 4.39 Å². The predicted octanol–water partition coefficient (Wildman–Crippen LogP) is 3.43. The molecular weight excluding hydrogens is 257 g/mol. The molecule has 0 aliphatic heterocycles. The number of nitrogens with zero attached hydrogens (tertiary/aromatic N) is 1. The van der Waals surface area contributed by atoms with E-state index in [9.17, 15) is 4.39 Å². The van der Waals surface area contributed by atoms with Gasteiger partial charge in [0.1, 0.15) is 5.82 Å². The zero-order chi connectivity index (χ0) is 10.8. The minimum Gasteiger partial charge on any atom is -0.302 e. The quantitative estimate of drug-likeness (QED) is 0.811. The standard InChI is InChI=1S/C12H15BrFN/c1-15(7-9-2-3-9)8-10-4-5-11(13)6-12(10)14/h4-6,9H,2-3,7-8H2,1H3. The predicted molar refractivity (Wildman–Crippen MR) is 63.2 cm³/mol. The van der Waals surface area contributed by atoms with E-state index in [0.29, 0.717) is 6.54 Å². The fourth-order valence-electron chi connectivity index (χ4n) is 1.75. The van der Waals surface area contributed by atoms with Crippen LogP contribution in [0, 0.1) is 11.7 Å². The Balaban J connectivity index is 1.96. The van der Waals surface area contributed by atoms with Crippen LogP contribution in [0.5, 0.6) is 0 Å². The largest absolute Gasteiger partial charge is 0.302 e. The highest BCUT2D eigenvalue weighted by Crippen LogP contribution is 2.29. The molecule has 3 heteroatoms. The van der Waals surface area contributed by atoms with Crippen molar-refractivity contribution in [2.45, 2.75) is 19.4 Å². The maximum absolute atomic E-state index is 13.5. The molecule has 0 unspecified atom stereocenters. The fourth-order valence-corrected chi connectivity index (χ4v) is 2.08. The van der Waals surface area contributed by atoms with Crippen molar-refractivity contribution in [3.63, 3.8) is 0 Å². The summed E-state index contributed by atoms with van der Waals surface area (Å²) in [5, 5.41) is 0. The Morgan fingerprint density at radius 3 is 2.80 bits per heavy atom. The van der Waals surface area contributed by atoms with E-state index in [1.54, 1.807) is 0 Å². The molecule has 82 valence electrons. The van der Waals surface area contributed by atoms with Gasteiger partial charge in [-0.05, 0) is 37.9 Å². The molecule has 1 aromatic rings. The van der Waals surface area contributed by atoms with Gasteiger partial charge in [-0.2, -0.15) is 0 Å². The highest BCUT2D eigenvalue weighted by Gasteiger charge is 2.22. The summed E-state index contributed by atoms with van der Waals surface area (Å²) < 4.78 is 14.3. The van der Waals surface area contributed by atoms with Gasteiger partial charge in [-0.3, -0.25) is 0 Å². The van der Waals surface area contributed by atoms with Gasteiger partial charge in [-0.1, -0.05) is 22.0 Å². The van der Waals surface area contributed by atoms with E-state index in [-0.39, 0.29) is 5.82 Å².